The third-order valence-electron chi connectivity index (χ3n) is 4.38. The molecule has 3 aromatic carbocycles. The van der Waals surface area contributed by atoms with Crippen molar-refractivity contribution in [3.63, 3.8) is 0 Å². The van der Waals surface area contributed by atoms with E-state index in [4.69, 9.17) is 0 Å². The number of benzene rings is 3. The average Bonchev–Trinajstić information content (AvgIpc) is 2.79. The Kier molecular flexibility index (Phi) is 7.37. The number of anilines is 3. The van der Waals surface area contributed by atoms with Crippen LogP contribution >= 0.6 is 0 Å². The summed E-state index contributed by atoms with van der Waals surface area (Å²) < 4.78 is 0. The predicted octanol–water partition coefficient (Wildman–Crippen LogP) is 3.74. The molecule has 0 unspecified atom stereocenters. The minimum absolute atomic E-state index is 0.0567. The number of hydrogen-bond acceptors (Lipinski definition) is 4. The molecule has 0 heterocycles. The monoisotopic (exact) mass is 416 g/mol. The van der Waals surface area contributed by atoms with Gasteiger partial charge >= 0.3 is 0 Å². The fourth-order valence-electron chi connectivity index (χ4n) is 2.86. The molecule has 0 bridgehead atoms. The molecule has 7 nitrogen and oxygen atoms in total. The Balaban J connectivity index is 1.52. The van der Waals surface area contributed by atoms with Crippen LogP contribution in [0.3, 0.4) is 0 Å². The fourth-order valence-corrected chi connectivity index (χ4v) is 2.86. The van der Waals surface area contributed by atoms with Crippen molar-refractivity contribution in [1.29, 1.82) is 0 Å². The van der Waals surface area contributed by atoms with E-state index in [0.29, 0.717) is 29.0 Å². The summed E-state index contributed by atoms with van der Waals surface area (Å²) in [7, 11) is 0. The first-order valence-corrected chi connectivity index (χ1v) is 9.93. The van der Waals surface area contributed by atoms with Crippen molar-refractivity contribution in [2.75, 3.05) is 29.0 Å². The molecule has 158 valence electrons. The van der Waals surface area contributed by atoms with E-state index in [0.717, 1.165) is 5.69 Å². The van der Waals surface area contributed by atoms with Crippen molar-refractivity contribution < 1.29 is 14.4 Å². The highest BCUT2D eigenvalue weighted by Gasteiger charge is 2.08. The van der Waals surface area contributed by atoms with Crippen LogP contribution in [0.5, 0.6) is 0 Å². The molecule has 0 aromatic heterocycles. The Morgan fingerprint density at radius 1 is 0.677 bits per heavy atom. The van der Waals surface area contributed by atoms with Gasteiger partial charge in [-0.2, -0.15) is 0 Å². The molecule has 0 aliphatic heterocycles. The van der Waals surface area contributed by atoms with Gasteiger partial charge in [0, 0.05) is 34.7 Å². The van der Waals surface area contributed by atoms with E-state index in [-0.39, 0.29) is 24.3 Å². The zero-order valence-corrected chi connectivity index (χ0v) is 17.1. The molecule has 3 aromatic rings. The van der Waals surface area contributed by atoms with Crippen LogP contribution in [0.4, 0.5) is 17.1 Å². The lowest BCUT2D eigenvalue weighted by molar-refractivity contribution is -0.114. The van der Waals surface area contributed by atoms with Crippen LogP contribution < -0.4 is 21.3 Å². The van der Waals surface area contributed by atoms with Crippen molar-refractivity contribution in [3.8, 4) is 0 Å². The third-order valence-corrected chi connectivity index (χ3v) is 4.38. The Labute approximate surface area is 180 Å². The van der Waals surface area contributed by atoms with E-state index in [1.165, 1.54) is 0 Å². The number of carbonyl (C=O) groups is 3. The highest BCUT2D eigenvalue weighted by atomic mass is 16.2. The molecule has 31 heavy (non-hydrogen) atoms. The lowest BCUT2D eigenvalue weighted by Gasteiger charge is -2.10. The Bertz CT molecular complexity index is 1050. The zero-order valence-electron chi connectivity index (χ0n) is 17.1. The highest BCUT2D eigenvalue weighted by Crippen LogP contribution is 2.16. The van der Waals surface area contributed by atoms with Gasteiger partial charge in [-0.25, -0.2) is 0 Å². The molecule has 0 atom stereocenters. The molecule has 0 radical (unpaired) electrons. The third kappa shape index (κ3) is 6.43. The number of nitrogens with one attached hydrogen (secondary N) is 4. The van der Waals surface area contributed by atoms with Crippen LogP contribution in [0.1, 0.15) is 27.6 Å². The van der Waals surface area contributed by atoms with E-state index >= 15 is 0 Å². The number of hydrogen-bond donors (Lipinski definition) is 4. The average molecular weight is 416 g/mol. The van der Waals surface area contributed by atoms with Crippen LogP contribution in [0.25, 0.3) is 0 Å². The van der Waals surface area contributed by atoms with Crippen LogP contribution in [0.2, 0.25) is 0 Å². The maximum atomic E-state index is 12.3. The van der Waals surface area contributed by atoms with Crippen LogP contribution in [0, 0.1) is 0 Å². The summed E-state index contributed by atoms with van der Waals surface area (Å²) in [6, 6.07) is 22.7. The van der Waals surface area contributed by atoms with Gasteiger partial charge in [0.15, 0.2) is 0 Å². The molecule has 0 fully saturated rings. The van der Waals surface area contributed by atoms with Gasteiger partial charge in [0.05, 0.1) is 6.54 Å². The fraction of sp³-hybridized carbons (Fsp3) is 0.125. The molecule has 0 saturated heterocycles. The molecule has 3 amide bonds. The molecule has 0 spiro atoms. The molecular formula is C24H24N4O3. The van der Waals surface area contributed by atoms with Gasteiger partial charge in [-0.3, -0.25) is 14.4 Å². The van der Waals surface area contributed by atoms with E-state index in [9.17, 15) is 14.4 Å². The van der Waals surface area contributed by atoms with Crippen molar-refractivity contribution in [1.82, 2.24) is 5.32 Å². The molecule has 0 aliphatic carbocycles. The number of amides is 3. The maximum absolute atomic E-state index is 12.3. The molecule has 4 N–H and O–H groups in total. The topological polar surface area (TPSA) is 99.3 Å². The summed E-state index contributed by atoms with van der Waals surface area (Å²) in [5.41, 5.74) is 3.00. The zero-order chi connectivity index (χ0) is 22.1. The highest BCUT2D eigenvalue weighted by molar-refractivity contribution is 6.04. The summed E-state index contributed by atoms with van der Waals surface area (Å²) >= 11 is 0. The van der Waals surface area contributed by atoms with E-state index in [2.05, 4.69) is 21.3 Å². The summed E-state index contributed by atoms with van der Waals surface area (Å²) in [6.45, 7) is 2.48. The Morgan fingerprint density at radius 3 is 2.00 bits per heavy atom. The van der Waals surface area contributed by atoms with Gasteiger partial charge < -0.3 is 21.3 Å². The first-order valence-electron chi connectivity index (χ1n) is 9.93. The van der Waals surface area contributed by atoms with Gasteiger partial charge in [0.25, 0.3) is 11.8 Å². The first kappa shape index (κ1) is 21.6. The second-order valence-corrected chi connectivity index (χ2v) is 6.74. The predicted molar refractivity (Wildman–Crippen MR) is 122 cm³/mol. The van der Waals surface area contributed by atoms with Gasteiger partial charge in [0.2, 0.25) is 5.91 Å². The van der Waals surface area contributed by atoms with E-state index in [1.807, 2.05) is 13.0 Å². The number of carbonyl (C=O) groups excluding carboxylic acids is 3. The summed E-state index contributed by atoms with van der Waals surface area (Å²) in [5.74, 6) is -0.591. The van der Waals surface area contributed by atoms with Crippen LogP contribution in [0.15, 0.2) is 78.9 Å². The minimum atomic E-state index is -0.237. The van der Waals surface area contributed by atoms with E-state index in [1.54, 1.807) is 72.8 Å². The van der Waals surface area contributed by atoms with Gasteiger partial charge in [-0.15, -0.1) is 0 Å². The van der Waals surface area contributed by atoms with Crippen molar-refractivity contribution in [2.24, 2.45) is 0 Å². The standard InChI is InChI=1S/C24H24N4O3/c1-2-25-23(30)18-11-13-19(14-12-18)26-16-22(29)27-20-9-6-10-21(15-20)28-24(31)17-7-4-3-5-8-17/h3-15,26H,2,16H2,1H3,(H,25,30)(H,27,29)(H,28,31). The maximum Gasteiger partial charge on any atom is 0.255 e. The van der Waals surface area contributed by atoms with E-state index < -0.39 is 0 Å². The second-order valence-electron chi connectivity index (χ2n) is 6.74. The molecular weight excluding hydrogens is 392 g/mol. The molecule has 3 rings (SSSR count). The van der Waals surface area contributed by atoms with Gasteiger partial charge in [0.1, 0.15) is 0 Å². The lowest BCUT2D eigenvalue weighted by Crippen LogP contribution is -2.23. The summed E-state index contributed by atoms with van der Waals surface area (Å²) in [6.07, 6.45) is 0. The van der Waals surface area contributed by atoms with Crippen molar-refractivity contribution >= 4 is 34.8 Å². The molecule has 0 aliphatic rings. The second kappa shape index (κ2) is 10.6. The summed E-state index contributed by atoms with van der Waals surface area (Å²) in [5, 5.41) is 11.4. The number of rotatable bonds is 8. The van der Waals surface area contributed by atoms with Crippen LogP contribution in [-0.2, 0) is 4.79 Å². The lowest BCUT2D eigenvalue weighted by atomic mass is 10.2. The summed E-state index contributed by atoms with van der Waals surface area (Å²) in [4.78, 5) is 36.3. The first-order chi connectivity index (χ1) is 15.0. The minimum Gasteiger partial charge on any atom is -0.376 e. The smallest absolute Gasteiger partial charge is 0.255 e. The molecule has 0 saturated carbocycles. The Hall–Kier alpha value is -4.13. The largest absolute Gasteiger partial charge is 0.376 e. The van der Waals surface area contributed by atoms with Crippen LogP contribution in [-0.4, -0.2) is 30.8 Å². The van der Waals surface area contributed by atoms with Gasteiger partial charge in [-0.05, 0) is 61.5 Å². The van der Waals surface area contributed by atoms with Crippen molar-refractivity contribution in [3.05, 3.63) is 90.0 Å². The molecule has 7 heteroatoms. The quantitative estimate of drug-likeness (QED) is 0.450. The SMILES string of the molecule is CCNC(=O)c1ccc(NCC(=O)Nc2cccc(NC(=O)c3ccccc3)c2)cc1. The van der Waals surface area contributed by atoms with Crippen molar-refractivity contribution in [2.45, 2.75) is 6.92 Å². The van der Waals surface area contributed by atoms with Gasteiger partial charge in [-0.1, -0.05) is 24.3 Å². The Morgan fingerprint density at radius 2 is 1.32 bits per heavy atom. The normalized spacial score (nSPS) is 10.1.